The van der Waals surface area contributed by atoms with Crippen molar-refractivity contribution in [3.8, 4) is 0 Å². The fourth-order valence-electron chi connectivity index (χ4n) is 1.25. The minimum absolute atomic E-state index is 1.06. The van der Waals surface area contributed by atoms with Crippen LogP contribution in [0.15, 0.2) is 18.3 Å². The molecular weight excluding hydrogens is 162 g/mol. The normalized spacial score (nSPS) is 11.0. The van der Waals surface area contributed by atoms with E-state index in [9.17, 15) is 0 Å². The highest BCUT2D eigenvalue weighted by Gasteiger charge is 1.98. The molecule has 0 aliphatic carbocycles. The van der Waals surface area contributed by atoms with Gasteiger partial charge in [0.2, 0.25) is 0 Å². The average molecular weight is 181 g/mol. The maximum Gasteiger partial charge on any atom is 0.0159 e. The van der Waals surface area contributed by atoms with E-state index in [0.29, 0.717) is 0 Å². The molecule has 2 N–H and O–H groups in total. The van der Waals surface area contributed by atoms with Gasteiger partial charge in [0.05, 0.1) is 0 Å². The van der Waals surface area contributed by atoms with E-state index >= 15 is 0 Å². The van der Waals surface area contributed by atoms with E-state index in [1.165, 1.54) is 5.69 Å². The summed E-state index contributed by atoms with van der Waals surface area (Å²) >= 11 is 0. The van der Waals surface area contributed by atoms with E-state index in [-0.39, 0.29) is 0 Å². The van der Waals surface area contributed by atoms with Crippen LogP contribution in [-0.2, 0) is 6.42 Å². The van der Waals surface area contributed by atoms with E-state index in [1.807, 2.05) is 19.3 Å². The van der Waals surface area contributed by atoms with Crippen LogP contribution in [-0.4, -0.2) is 43.6 Å². The van der Waals surface area contributed by atoms with Crippen molar-refractivity contribution in [3.05, 3.63) is 24.0 Å². The summed E-state index contributed by atoms with van der Waals surface area (Å²) in [6.45, 7) is 3.28. The standard InChI is InChI=1S/C10H19N3/c1-11-7-9-13(2)8-5-10-4-3-6-12-10/h3-4,6,11-12H,5,7-9H2,1-2H3. The van der Waals surface area contributed by atoms with Crippen molar-refractivity contribution in [2.75, 3.05) is 33.7 Å². The molecule has 1 aromatic heterocycles. The number of nitrogens with zero attached hydrogens (tertiary/aromatic N) is 1. The zero-order valence-electron chi connectivity index (χ0n) is 8.51. The zero-order chi connectivity index (χ0) is 9.52. The third-order valence-corrected chi connectivity index (χ3v) is 2.17. The molecule has 0 bridgehead atoms. The third-order valence-electron chi connectivity index (χ3n) is 2.17. The van der Waals surface area contributed by atoms with E-state index in [0.717, 1.165) is 26.1 Å². The van der Waals surface area contributed by atoms with Crippen molar-refractivity contribution in [2.24, 2.45) is 0 Å². The smallest absolute Gasteiger partial charge is 0.0159 e. The Morgan fingerprint density at radius 3 is 2.92 bits per heavy atom. The summed E-state index contributed by atoms with van der Waals surface area (Å²) in [7, 11) is 4.14. The van der Waals surface area contributed by atoms with Gasteiger partial charge in [-0.05, 0) is 26.2 Å². The number of rotatable bonds is 6. The van der Waals surface area contributed by atoms with Gasteiger partial charge in [0, 0.05) is 37.9 Å². The summed E-state index contributed by atoms with van der Waals surface area (Å²) < 4.78 is 0. The Kier molecular flexibility index (Phi) is 4.57. The minimum atomic E-state index is 1.06. The minimum Gasteiger partial charge on any atom is -0.365 e. The van der Waals surface area contributed by atoms with Crippen molar-refractivity contribution >= 4 is 0 Å². The fourth-order valence-corrected chi connectivity index (χ4v) is 1.25. The van der Waals surface area contributed by atoms with Crippen LogP contribution >= 0.6 is 0 Å². The molecule has 0 radical (unpaired) electrons. The Hall–Kier alpha value is -0.800. The van der Waals surface area contributed by atoms with Gasteiger partial charge < -0.3 is 15.2 Å². The summed E-state index contributed by atoms with van der Waals surface area (Å²) in [6.07, 6.45) is 3.08. The molecular formula is C10H19N3. The SMILES string of the molecule is CNCCN(C)CCc1ccc[nH]1. The highest BCUT2D eigenvalue weighted by molar-refractivity contribution is 5.03. The number of H-pyrrole nitrogens is 1. The molecule has 13 heavy (non-hydrogen) atoms. The molecule has 74 valence electrons. The maximum atomic E-state index is 3.21. The van der Waals surface area contributed by atoms with E-state index in [4.69, 9.17) is 0 Å². The summed E-state index contributed by atoms with van der Waals surface area (Å²) in [5.41, 5.74) is 1.32. The van der Waals surface area contributed by atoms with Gasteiger partial charge in [-0.3, -0.25) is 0 Å². The van der Waals surface area contributed by atoms with Crippen molar-refractivity contribution in [2.45, 2.75) is 6.42 Å². The van der Waals surface area contributed by atoms with Crippen LogP contribution < -0.4 is 5.32 Å². The van der Waals surface area contributed by atoms with Gasteiger partial charge in [-0.1, -0.05) is 0 Å². The van der Waals surface area contributed by atoms with E-state index < -0.39 is 0 Å². The first-order chi connectivity index (χ1) is 6.33. The highest BCUT2D eigenvalue weighted by Crippen LogP contribution is 1.96. The first-order valence-electron chi connectivity index (χ1n) is 4.78. The molecule has 0 fully saturated rings. The van der Waals surface area contributed by atoms with Gasteiger partial charge in [0.15, 0.2) is 0 Å². The lowest BCUT2D eigenvalue weighted by molar-refractivity contribution is 0.338. The number of hydrogen-bond donors (Lipinski definition) is 2. The van der Waals surface area contributed by atoms with Gasteiger partial charge >= 0.3 is 0 Å². The maximum absolute atomic E-state index is 3.21. The number of hydrogen-bond acceptors (Lipinski definition) is 2. The van der Waals surface area contributed by atoms with Crippen molar-refractivity contribution < 1.29 is 0 Å². The van der Waals surface area contributed by atoms with Crippen LogP contribution in [0.3, 0.4) is 0 Å². The van der Waals surface area contributed by atoms with Crippen molar-refractivity contribution in [1.29, 1.82) is 0 Å². The zero-order valence-corrected chi connectivity index (χ0v) is 8.51. The van der Waals surface area contributed by atoms with E-state index in [1.54, 1.807) is 0 Å². The lowest BCUT2D eigenvalue weighted by Gasteiger charge is -2.15. The highest BCUT2D eigenvalue weighted by atomic mass is 15.1. The summed E-state index contributed by atoms with van der Waals surface area (Å²) in [4.78, 5) is 5.54. The van der Waals surface area contributed by atoms with Crippen LogP contribution in [0.5, 0.6) is 0 Å². The van der Waals surface area contributed by atoms with Gasteiger partial charge in [-0.15, -0.1) is 0 Å². The second-order valence-corrected chi connectivity index (χ2v) is 3.35. The molecule has 0 unspecified atom stereocenters. The van der Waals surface area contributed by atoms with Crippen LogP contribution in [0.1, 0.15) is 5.69 Å². The van der Waals surface area contributed by atoms with Gasteiger partial charge in [0.25, 0.3) is 0 Å². The lowest BCUT2D eigenvalue weighted by Crippen LogP contribution is -2.29. The predicted octanol–water partition coefficient (Wildman–Crippen LogP) is 0.708. The molecule has 0 aliphatic rings. The average Bonchev–Trinajstić information content (AvgIpc) is 2.64. The molecule has 0 amide bonds. The number of nitrogens with one attached hydrogen (secondary N) is 2. The van der Waals surface area contributed by atoms with Gasteiger partial charge in [-0.25, -0.2) is 0 Å². The molecule has 1 heterocycles. The monoisotopic (exact) mass is 181 g/mol. The second kappa shape index (κ2) is 5.78. The third kappa shape index (κ3) is 4.10. The Morgan fingerprint density at radius 1 is 1.46 bits per heavy atom. The van der Waals surface area contributed by atoms with Crippen LogP contribution in [0, 0.1) is 0 Å². The summed E-state index contributed by atoms with van der Waals surface area (Å²) in [6, 6.07) is 4.18. The number of aromatic nitrogens is 1. The molecule has 0 saturated carbocycles. The Balaban J connectivity index is 2.11. The first-order valence-corrected chi connectivity index (χ1v) is 4.78. The molecule has 0 atom stereocenters. The molecule has 0 aliphatic heterocycles. The molecule has 1 aromatic rings. The number of likely N-dealkylation sites (N-methyl/N-ethyl adjacent to an activating group) is 2. The molecule has 0 spiro atoms. The summed E-state index contributed by atoms with van der Waals surface area (Å²) in [5, 5.41) is 3.14. The number of aromatic amines is 1. The van der Waals surface area contributed by atoms with Gasteiger partial charge in [0.1, 0.15) is 0 Å². The topological polar surface area (TPSA) is 31.1 Å². The predicted molar refractivity (Wildman–Crippen MR) is 55.9 cm³/mol. The quantitative estimate of drug-likeness (QED) is 0.677. The van der Waals surface area contributed by atoms with Crippen LogP contribution in [0.4, 0.5) is 0 Å². The second-order valence-electron chi connectivity index (χ2n) is 3.35. The molecule has 1 rings (SSSR count). The lowest BCUT2D eigenvalue weighted by atomic mass is 10.3. The summed E-state index contributed by atoms with van der Waals surface area (Å²) in [5.74, 6) is 0. The van der Waals surface area contributed by atoms with Crippen LogP contribution in [0.2, 0.25) is 0 Å². The molecule has 0 saturated heterocycles. The molecule has 0 aromatic carbocycles. The van der Waals surface area contributed by atoms with E-state index in [2.05, 4.69) is 28.3 Å². The molecule has 3 heteroatoms. The largest absolute Gasteiger partial charge is 0.365 e. The Morgan fingerprint density at radius 2 is 2.31 bits per heavy atom. The fraction of sp³-hybridized carbons (Fsp3) is 0.600. The Labute approximate surface area is 80.1 Å². The van der Waals surface area contributed by atoms with Crippen molar-refractivity contribution in [3.63, 3.8) is 0 Å². The van der Waals surface area contributed by atoms with Crippen molar-refractivity contribution in [1.82, 2.24) is 15.2 Å². The molecule has 3 nitrogen and oxygen atoms in total. The Bertz CT molecular complexity index is 206. The first kappa shape index (κ1) is 10.3. The van der Waals surface area contributed by atoms with Crippen LogP contribution in [0.25, 0.3) is 0 Å². The van der Waals surface area contributed by atoms with Gasteiger partial charge in [-0.2, -0.15) is 0 Å².